The summed E-state index contributed by atoms with van der Waals surface area (Å²) in [4.78, 5) is 14.2. The van der Waals surface area contributed by atoms with Crippen molar-refractivity contribution < 1.29 is 4.79 Å². The third kappa shape index (κ3) is 3.07. The minimum absolute atomic E-state index is 0.152. The van der Waals surface area contributed by atoms with Gasteiger partial charge in [-0.15, -0.1) is 12.6 Å². The Kier molecular flexibility index (Phi) is 4.01. The second-order valence-corrected chi connectivity index (χ2v) is 3.77. The van der Waals surface area contributed by atoms with Crippen molar-refractivity contribution in [3.63, 3.8) is 0 Å². The molecule has 0 saturated carbocycles. The molecular formula is C11H15NOS. The highest BCUT2D eigenvalue weighted by atomic mass is 32.1. The maximum Gasteiger partial charge on any atom is 0.226 e. The molecule has 0 aliphatic rings. The Morgan fingerprint density at radius 1 is 1.36 bits per heavy atom. The molecule has 0 unspecified atom stereocenters. The molecule has 1 aromatic carbocycles. The second kappa shape index (κ2) is 5.05. The average Bonchev–Trinajstić information content (AvgIpc) is 2.20. The van der Waals surface area contributed by atoms with Gasteiger partial charge in [0.25, 0.3) is 0 Å². The summed E-state index contributed by atoms with van der Waals surface area (Å²) in [5.74, 6) is 0.152. The summed E-state index contributed by atoms with van der Waals surface area (Å²) < 4.78 is 0. The predicted octanol–water partition coefficient (Wildman–Crippen LogP) is 2.00. The molecule has 0 spiro atoms. The molecular weight excluding hydrogens is 194 g/mol. The number of rotatable bonds is 3. The zero-order chi connectivity index (χ0) is 10.6. The smallest absolute Gasteiger partial charge is 0.226 e. The van der Waals surface area contributed by atoms with Crippen LogP contribution in [0.3, 0.4) is 0 Å². The monoisotopic (exact) mass is 209 g/mol. The highest BCUT2D eigenvalue weighted by Gasteiger charge is 2.06. The molecule has 0 aliphatic heterocycles. The number of hydrogen-bond donors (Lipinski definition) is 1. The third-order valence-electron chi connectivity index (χ3n) is 2.19. The number of nitrogens with zero attached hydrogens (tertiary/aromatic N) is 1. The van der Waals surface area contributed by atoms with Gasteiger partial charge in [0.15, 0.2) is 0 Å². The largest absolute Gasteiger partial charge is 0.346 e. The maximum atomic E-state index is 11.5. The molecule has 0 N–H and O–H groups in total. The van der Waals surface area contributed by atoms with Crippen LogP contribution in [0.4, 0.5) is 0 Å². The molecule has 0 heterocycles. The molecule has 0 bridgehead atoms. The lowest BCUT2D eigenvalue weighted by atomic mass is 10.1. The van der Waals surface area contributed by atoms with Crippen LogP contribution < -0.4 is 0 Å². The average molecular weight is 209 g/mol. The van der Waals surface area contributed by atoms with Crippen molar-refractivity contribution in [3.05, 3.63) is 29.8 Å². The fourth-order valence-electron chi connectivity index (χ4n) is 1.10. The Morgan fingerprint density at radius 2 is 1.93 bits per heavy atom. The first kappa shape index (κ1) is 11.1. The Morgan fingerprint density at radius 3 is 2.43 bits per heavy atom. The van der Waals surface area contributed by atoms with Crippen molar-refractivity contribution in [2.24, 2.45) is 0 Å². The number of carbonyl (C=O) groups is 1. The molecule has 0 saturated heterocycles. The van der Waals surface area contributed by atoms with E-state index in [0.717, 1.165) is 17.0 Å². The SMILES string of the molecule is CCN(C)C(=O)Cc1ccc(S)cc1. The number of likely N-dealkylation sites (N-methyl/N-ethyl adjacent to an activating group) is 1. The summed E-state index contributed by atoms with van der Waals surface area (Å²) in [5.41, 5.74) is 1.04. The Hall–Kier alpha value is -0.960. The van der Waals surface area contributed by atoms with Crippen molar-refractivity contribution in [3.8, 4) is 0 Å². The summed E-state index contributed by atoms with van der Waals surface area (Å²) in [5, 5.41) is 0. The van der Waals surface area contributed by atoms with Crippen molar-refractivity contribution in [2.45, 2.75) is 18.2 Å². The highest BCUT2D eigenvalue weighted by Crippen LogP contribution is 2.08. The Labute approximate surface area is 90.3 Å². The predicted molar refractivity (Wildman–Crippen MR) is 60.7 cm³/mol. The molecule has 0 fully saturated rings. The quantitative estimate of drug-likeness (QED) is 0.755. The van der Waals surface area contributed by atoms with Crippen LogP contribution in [0.2, 0.25) is 0 Å². The molecule has 76 valence electrons. The van der Waals surface area contributed by atoms with Gasteiger partial charge in [-0.1, -0.05) is 12.1 Å². The van der Waals surface area contributed by atoms with Crippen LogP contribution in [0.15, 0.2) is 29.2 Å². The van der Waals surface area contributed by atoms with Crippen LogP contribution in [0.25, 0.3) is 0 Å². The van der Waals surface area contributed by atoms with Crippen molar-refractivity contribution >= 4 is 18.5 Å². The number of thiol groups is 1. The zero-order valence-corrected chi connectivity index (χ0v) is 9.42. The van der Waals surface area contributed by atoms with Gasteiger partial charge in [0, 0.05) is 18.5 Å². The highest BCUT2D eigenvalue weighted by molar-refractivity contribution is 7.80. The molecule has 1 rings (SSSR count). The lowest BCUT2D eigenvalue weighted by molar-refractivity contribution is -0.128. The van der Waals surface area contributed by atoms with E-state index in [1.165, 1.54) is 0 Å². The van der Waals surface area contributed by atoms with Gasteiger partial charge < -0.3 is 4.90 Å². The summed E-state index contributed by atoms with van der Waals surface area (Å²) in [6.45, 7) is 2.72. The van der Waals surface area contributed by atoms with Crippen molar-refractivity contribution in [1.29, 1.82) is 0 Å². The van der Waals surface area contributed by atoms with E-state index in [9.17, 15) is 4.79 Å². The van der Waals surface area contributed by atoms with E-state index in [4.69, 9.17) is 0 Å². The van der Waals surface area contributed by atoms with E-state index >= 15 is 0 Å². The normalized spacial score (nSPS) is 9.93. The molecule has 0 atom stereocenters. The van der Waals surface area contributed by atoms with Crippen LogP contribution in [-0.2, 0) is 11.2 Å². The summed E-state index contributed by atoms with van der Waals surface area (Å²) in [7, 11) is 1.81. The van der Waals surface area contributed by atoms with E-state index in [0.29, 0.717) is 6.42 Å². The molecule has 0 radical (unpaired) electrons. The lowest BCUT2D eigenvalue weighted by Gasteiger charge is -2.14. The zero-order valence-electron chi connectivity index (χ0n) is 8.53. The van der Waals surface area contributed by atoms with Crippen LogP contribution >= 0.6 is 12.6 Å². The number of carbonyl (C=O) groups excluding carboxylic acids is 1. The maximum absolute atomic E-state index is 11.5. The number of amides is 1. The minimum atomic E-state index is 0.152. The molecule has 2 nitrogen and oxygen atoms in total. The summed E-state index contributed by atoms with van der Waals surface area (Å²) in [6.07, 6.45) is 0.471. The topological polar surface area (TPSA) is 20.3 Å². The first-order valence-electron chi connectivity index (χ1n) is 4.65. The fourth-order valence-corrected chi connectivity index (χ4v) is 1.25. The van der Waals surface area contributed by atoms with E-state index in [-0.39, 0.29) is 5.91 Å². The van der Waals surface area contributed by atoms with Crippen molar-refractivity contribution in [1.82, 2.24) is 4.90 Å². The van der Waals surface area contributed by atoms with E-state index in [1.807, 2.05) is 38.2 Å². The molecule has 1 aromatic rings. The molecule has 0 aliphatic carbocycles. The second-order valence-electron chi connectivity index (χ2n) is 3.25. The Balaban J connectivity index is 2.60. The van der Waals surface area contributed by atoms with Gasteiger partial charge in [0.1, 0.15) is 0 Å². The van der Waals surface area contributed by atoms with Gasteiger partial charge in [-0.25, -0.2) is 0 Å². The van der Waals surface area contributed by atoms with Crippen molar-refractivity contribution in [2.75, 3.05) is 13.6 Å². The van der Waals surface area contributed by atoms with Crippen LogP contribution in [-0.4, -0.2) is 24.4 Å². The molecule has 14 heavy (non-hydrogen) atoms. The molecule has 1 amide bonds. The van der Waals surface area contributed by atoms with Gasteiger partial charge in [-0.2, -0.15) is 0 Å². The van der Waals surface area contributed by atoms with Crippen LogP contribution in [0.5, 0.6) is 0 Å². The molecule has 0 aromatic heterocycles. The van der Waals surface area contributed by atoms with E-state index < -0.39 is 0 Å². The van der Waals surface area contributed by atoms with Gasteiger partial charge in [-0.3, -0.25) is 4.79 Å². The fraction of sp³-hybridized carbons (Fsp3) is 0.364. The van der Waals surface area contributed by atoms with Crippen LogP contribution in [0.1, 0.15) is 12.5 Å². The van der Waals surface area contributed by atoms with E-state index in [2.05, 4.69) is 12.6 Å². The van der Waals surface area contributed by atoms with E-state index in [1.54, 1.807) is 4.90 Å². The first-order chi connectivity index (χ1) is 6.63. The van der Waals surface area contributed by atoms with Gasteiger partial charge in [-0.05, 0) is 24.6 Å². The number of benzene rings is 1. The minimum Gasteiger partial charge on any atom is -0.346 e. The third-order valence-corrected chi connectivity index (χ3v) is 2.49. The first-order valence-corrected chi connectivity index (χ1v) is 5.10. The summed E-state index contributed by atoms with van der Waals surface area (Å²) in [6, 6.07) is 7.67. The molecule has 3 heteroatoms. The van der Waals surface area contributed by atoms with Gasteiger partial charge in [0.2, 0.25) is 5.91 Å². The Bertz CT molecular complexity index is 308. The lowest BCUT2D eigenvalue weighted by Crippen LogP contribution is -2.27. The summed E-state index contributed by atoms with van der Waals surface area (Å²) >= 11 is 4.19. The number of hydrogen-bond acceptors (Lipinski definition) is 2. The van der Waals surface area contributed by atoms with Gasteiger partial charge >= 0.3 is 0 Å². The standard InChI is InChI=1S/C11H15NOS/c1-3-12(2)11(13)8-9-4-6-10(14)7-5-9/h4-7,14H,3,8H2,1-2H3. The van der Waals surface area contributed by atoms with Crippen LogP contribution in [0, 0.1) is 0 Å². The van der Waals surface area contributed by atoms with Gasteiger partial charge in [0.05, 0.1) is 6.42 Å².